The summed E-state index contributed by atoms with van der Waals surface area (Å²) in [7, 11) is 0. The van der Waals surface area contributed by atoms with Crippen molar-refractivity contribution < 1.29 is 14.3 Å². The van der Waals surface area contributed by atoms with E-state index in [0.717, 1.165) is 27.6 Å². The Hall–Kier alpha value is -3.27. The van der Waals surface area contributed by atoms with E-state index < -0.39 is 12.1 Å². The van der Waals surface area contributed by atoms with E-state index in [4.69, 9.17) is 4.74 Å². The van der Waals surface area contributed by atoms with Gasteiger partial charge in [-0.2, -0.15) is 0 Å². The number of para-hydroxylation sites is 1. The van der Waals surface area contributed by atoms with Gasteiger partial charge in [0.1, 0.15) is 0 Å². The summed E-state index contributed by atoms with van der Waals surface area (Å²) in [6.07, 6.45) is 2.03. The monoisotopic (exact) mass is 373 g/mol. The number of fused-ring (bicyclic) bond motifs is 1. The number of nitrogens with zero attached hydrogens (tertiary/aromatic N) is 1. The molecule has 0 N–H and O–H groups in total. The predicted octanol–water partition coefficient (Wildman–Crippen LogP) is 4.99. The Labute approximate surface area is 164 Å². The van der Waals surface area contributed by atoms with E-state index in [1.54, 1.807) is 13.0 Å². The highest BCUT2D eigenvalue weighted by Gasteiger charge is 2.20. The van der Waals surface area contributed by atoms with Crippen LogP contribution in [0.5, 0.6) is 0 Å². The summed E-state index contributed by atoms with van der Waals surface area (Å²) in [5.41, 5.74) is 5.14. The van der Waals surface area contributed by atoms with Crippen LogP contribution in [0.1, 0.15) is 39.7 Å². The number of pyridine rings is 1. The van der Waals surface area contributed by atoms with Gasteiger partial charge in [0.25, 0.3) is 0 Å². The van der Waals surface area contributed by atoms with Crippen molar-refractivity contribution in [3.8, 4) is 0 Å². The van der Waals surface area contributed by atoms with Crippen LogP contribution in [0.3, 0.4) is 0 Å². The van der Waals surface area contributed by atoms with Crippen LogP contribution < -0.4 is 0 Å². The standard InChI is InChI=1S/C24H23NO3/c1-15-13-17(3)21(14-16(15)2)24(27)18(4)28-23(26)12-11-20-10-9-19-7-5-6-8-22(19)25-20/h5-14,18H,1-4H3/b12-11+. The number of carbonyl (C=O) groups is 2. The van der Waals surface area contributed by atoms with Crippen molar-refractivity contribution in [2.45, 2.75) is 33.8 Å². The summed E-state index contributed by atoms with van der Waals surface area (Å²) in [6, 6.07) is 15.4. The predicted molar refractivity (Wildman–Crippen MR) is 111 cm³/mol. The molecule has 1 aromatic heterocycles. The molecule has 0 aliphatic rings. The highest BCUT2D eigenvalue weighted by molar-refractivity contribution is 6.02. The van der Waals surface area contributed by atoms with E-state index in [1.165, 1.54) is 6.08 Å². The number of ether oxygens (including phenoxy) is 1. The van der Waals surface area contributed by atoms with Gasteiger partial charge in [0.15, 0.2) is 6.10 Å². The summed E-state index contributed by atoms with van der Waals surface area (Å²) >= 11 is 0. The van der Waals surface area contributed by atoms with Crippen molar-refractivity contribution in [2.24, 2.45) is 0 Å². The molecule has 4 heteroatoms. The van der Waals surface area contributed by atoms with E-state index in [-0.39, 0.29) is 5.78 Å². The number of ketones is 1. The second-order valence-corrected chi connectivity index (χ2v) is 6.96. The number of rotatable bonds is 5. The third kappa shape index (κ3) is 4.34. The molecule has 0 saturated carbocycles. The van der Waals surface area contributed by atoms with Gasteiger partial charge < -0.3 is 4.74 Å². The molecule has 0 fully saturated rings. The fourth-order valence-electron chi connectivity index (χ4n) is 3.04. The van der Waals surface area contributed by atoms with Crippen molar-refractivity contribution in [3.63, 3.8) is 0 Å². The number of hydrogen-bond acceptors (Lipinski definition) is 4. The lowest BCUT2D eigenvalue weighted by molar-refractivity contribution is -0.140. The molecule has 3 rings (SSSR count). The van der Waals surface area contributed by atoms with Crippen LogP contribution in [0.4, 0.5) is 0 Å². The van der Waals surface area contributed by atoms with E-state index in [9.17, 15) is 9.59 Å². The van der Waals surface area contributed by atoms with Crippen LogP contribution in [-0.4, -0.2) is 22.8 Å². The molecule has 1 atom stereocenters. The van der Waals surface area contributed by atoms with Crippen molar-refractivity contribution >= 4 is 28.7 Å². The van der Waals surface area contributed by atoms with E-state index >= 15 is 0 Å². The zero-order valence-electron chi connectivity index (χ0n) is 16.5. The van der Waals surface area contributed by atoms with E-state index in [0.29, 0.717) is 11.3 Å². The van der Waals surface area contributed by atoms with Crippen LogP contribution in [0, 0.1) is 20.8 Å². The van der Waals surface area contributed by atoms with Gasteiger partial charge in [-0.25, -0.2) is 9.78 Å². The molecule has 3 aromatic rings. The van der Waals surface area contributed by atoms with Gasteiger partial charge in [-0.3, -0.25) is 4.79 Å². The van der Waals surface area contributed by atoms with E-state index in [1.807, 2.05) is 69.3 Å². The third-order valence-electron chi connectivity index (χ3n) is 4.78. The number of Topliss-reactive ketones (excluding diaryl/α,β-unsaturated/α-hetero) is 1. The van der Waals surface area contributed by atoms with Crippen LogP contribution in [-0.2, 0) is 9.53 Å². The molecule has 4 nitrogen and oxygen atoms in total. The lowest BCUT2D eigenvalue weighted by atomic mass is 9.96. The second kappa shape index (κ2) is 8.17. The van der Waals surface area contributed by atoms with Crippen LogP contribution in [0.2, 0.25) is 0 Å². The van der Waals surface area contributed by atoms with Gasteiger partial charge in [0.05, 0.1) is 11.2 Å². The molecule has 0 spiro atoms. The normalized spacial score (nSPS) is 12.3. The van der Waals surface area contributed by atoms with Gasteiger partial charge in [-0.15, -0.1) is 0 Å². The highest BCUT2D eigenvalue weighted by Crippen LogP contribution is 2.18. The zero-order chi connectivity index (χ0) is 20.3. The first-order chi connectivity index (χ1) is 13.3. The summed E-state index contributed by atoms with van der Waals surface area (Å²) in [5.74, 6) is -0.775. The summed E-state index contributed by atoms with van der Waals surface area (Å²) in [6.45, 7) is 7.45. The lowest BCUT2D eigenvalue weighted by Crippen LogP contribution is -2.24. The molecule has 0 aliphatic heterocycles. The van der Waals surface area contributed by atoms with Crippen molar-refractivity contribution in [1.29, 1.82) is 0 Å². The lowest BCUT2D eigenvalue weighted by Gasteiger charge is -2.14. The van der Waals surface area contributed by atoms with Gasteiger partial charge in [-0.05, 0) is 68.7 Å². The minimum Gasteiger partial charge on any atom is -0.451 e. The molecule has 1 unspecified atom stereocenters. The average molecular weight is 373 g/mol. The van der Waals surface area contributed by atoms with Crippen LogP contribution in [0.25, 0.3) is 17.0 Å². The first-order valence-electron chi connectivity index (χ1n) is 9.21. The van der Waals surface area contributed by atoms with E-state index in [2.05, 4.69) is 4.98 Å². The molecule has 0 bridgehead atoms. The molecule has 0 amide bonds. The number of benzene rings is 2. The van der Waals surface area contributed by atoms with Crippen molar-refractivity contribution in [1.82, 2.24) is 4.98 Å². The Morgan fingerprint density at radius 3 is 2.46 bits per heavy atom. The SMILES string of the molecule is Cc1cc(C)c(C(=O)C(C)OC(=O)/C=C/c2ccc3ccccc3n2)cc1C. The number of aromatic nitrogens is 1. The molecule has 1 heterocycles. The summed E-state index contributed by atoms with van der Waals surface area (Å²) in [4.78, 5) is 29.3. The number of aryl methyl sites for hydroxylation is 3. The Morgan fingerprint density at radius 1 is 0.964 bits per heavy atom. The van der Waals surface area contributed by atoms with Crippen molar-refractivity contribution in [2.75, 3.05) is 0 Å². The molecular weight excluding hydrogens is 350 g/mol. The first kappa shape index (κ1) is 19.5. The fourth-order valence-corrected chi connectivity index (χ4v) is 3.04. The van der Waals surface area contributed by atoms with Gasteiger partial charge in [0.2, 0.25) is 5.78 Å². The zero-order valence-corrected chi connectivity index (χ0v) is 16.5. The van der Waals surface area contributed by atoms with Gasteiger partial charge in [-0.1, -0.05) is 30.3 Å². The van der Waals surface area contributed by atoms with Crippen LogP contribution in [0.15, 0.2) is 54.6 Å². The maximum atomic E-state index is 12.7. The minimum absolute atomic E-state index is 0.203. The third-order valence-corrected chi connectivity index (χ3v) is 4.78. The molecule has 28 heavy (non-hydrogen) atoms. The van der Waals surface area contributed by atoms with Gasteiger partial charge in [0, 0.05) is 17.0 Å². The highest BCUT2D eigenvalue weighted by atomic mass is 16.5. The first-order valence-corrected chi connectivity index (χ1v) is 9.21. The average Bonchev–Trinajstić information content (AvgIpc) is 2.68. The Balaban J connectivity index is 1.68. The maximum absolute atomic E-state index is 12.7. The summed E-state index contributed by atoms with van der Waals surface area (Å²) < 4.78 is 5.30. The summed E-state index contributed by atoms with van der Waals surface area (Å²) in [5, 5.41) is 1.03. The molecular formula is C24H23NO3. The number of carbonyl (C=O) groups excluding carboxylic acids is 2. The Morgan fingerprint density at radius 2 is 1.68 bits per heavy atom. The Bertz CT molecular complexity index is 1080. The minimum atomic E-state index is -0.859. The number of hydrogen-bond donors (Lipinski definition) is 0. The fraction of sp³-hybridized carbons (Fsp3) is 0.208. The van der Waals surface area contributed by atoms with Gasteiger partial charge >= 0.3 is 5.97 Å². The topological polar surface area (TPSA) is 56.3 Å². The molecule has 0 radical (unpaired) electrons. The molecule has 0 aliphatic carbocycles. The largest absolute Gasteiger partial charge is 0.451 e. The second-order valence-electron chi connectivity index (χ2n) is 6.96. The smallest absolute Gasteiger partial charge is 0.331 e. The van der Waals surface area contributed by atoms with Crippen LogP contribution >= 0.6 is 0 Å². The molecule has 0 saturated heterocycles. The van der Waals surface area contributed by atoms with Crippen molar-refractivity contribution in [3.05, 3.63) is 82.6 Å². The Kier molecular flexibility index (Phi) is 5.69. The molecule has 142 valence electrons. The number of esters is 1. The maximum Gasteiger partial charge on any atom is 0.331 e. The molecule has 2 aromatic carbocycles. The quantitative estimate of drug-likeness (QED) is 0.359.